The minimum atomic E-state index is -0.122. The molecule has 0 aliphatic rings. The molecule has 0 radical (unpaired) electrons. The molecule has 0 aliphatic heterocycles. The highest BCUT2D eigenvalue weighted by molar-refractivity contribution is 6.07. The van der Waals surface area contributed by atoms with Crippen molar-refractivity contribution in [1.82, 2.24) is 24.8 Å². The summed E-state index contributed by atoms with van der Waals surface area (Å²) < 4.78 is 9.50. The van der Waals surface area contributed by atoms with E-state index in [0.717, 1.165) is 16.9 Å². The van der Waals surface area contributed by atoms with Crippen molar-refractivity contribution in [2.45, 2.75) is 13.2 Å². The van der Waals surface area contributed by atoms with E-state index in [9.17, 15) is 9.90 Å². The van der Waals surface area contributed by atoms with Gasteiger partial charge in [0.15, 0.2) is 5.78 Å². The predicted molar refractivity (Wildman–Crippen MR) is 160 cm³/mol. The Hall–Kier alpha value is -5.76. The predicted octanol–water partition coefficient (Wildman–Crippen LogP) is 6.36. The lowest BCUT2D eigenvalue weighted by molar-refractivity contribution is 0.104. The third-order valence-corrected chi connectivity index (χ3v) is 6.72. The van der Waals surface area contributed by atoms with Gasteiger partial charge in [-0.1, -0.05) is 84.1 Å². The summed E-state index contributed by atoms with van der Waals surface area (Å²) in [4.78, 5) is 12.8. The van der Waals surface area contributed by atoms with E-state index in [-0.39, 0.29) is 18.1 Å². The molecule has 206 valence electrons. The Bertz CT molecular complexity index is 1830. The fourth-order valence-corrected chi connectivity index (χ4v) is 4.53. The van der Waals surface area contributed by atoms with Crippen LogP contribution in [0.5, 0.6) is 11.5 Å². The first-order chi connectivity index (χ1) is 20.6. The van der Waals surface area contributed by atoms with Gasteiger partial charge in [-0.15, -0.1) is 5.10 Å². The van der Waals surface area contributed by atoms with Crippen LogP contribution in [0.2, 0.25) is 0 Å². The van der Waals surface area contributed by atoms with E-state index in [1.807, 2.05) is 85.1 Å². The maximum Gasteiger partial charge on any atom is 0.185 e. The van der Waals surface area contributed by atoms with E-state index in [0.29, 0.717) is 34.7 Å². The molecule has 0 saturated heterocycles. The van der Waals surface area contributed by atoms with Crippen LogP contribution in [-0.4, -0.2) is 35.7 Å². The Labute approximate surface area is 242 Å². The average molecular weight is 554 g/mol. The number of ether oxygens (including phenoxy) is 1. The van der Waals surface area contributed by atoms with Crippen molar-refractivity contribution in [3.05, 3.63) is 150 Å². The molecule has 2 aromatic heterocycles. The zero-order chi connectivity index (χ0) is 28.7. The first kappa shape index (κ1) is 26.5. The van der Waals surface area contributed by atoms with Crippen LogP contribution in [0.1, 0.15) is 27.2 Å². The highest BCUT2D eigenvalue weighted by atomic mass is 16.5. The molecule has 0 unspecified atom stereocenters. The van der Waals surface area contributed by atoms with Gasteiger partial charge in [-0.05, 0) is 42.0 Å². The van der Waals surface area contributed by atoms with Crippen LogP contribution in [0.3, 0.4) is 0 Å². The Kier molecular flexibility index (Phi) is 7.67. The van der Waals surface area contributed by atoms with Crippen LogP contribution in [0, 0.1) is 0 Å². The highest BCUT2D eigenvalue weighted by Crippen LogP contribution is 2.35. The molecule has 6 aromatic rings. The van der Waals surface area contributed by atoms with Gasteiger partial charge in [0, 0.05) is 29.0 Å². The second-order valence-electron chi connectivity index (χ2n) is 9.61. The summed E-state index contributed by atoms with van der Waals surface area (Å²) in [6, 6.07) is 33.8. The molecule has 0 fully saturated rings. The SMILES string of the molecule is O=C(C=Cc1cn(-c2ccccc2)nc1-c1ccc(OCc2cnnn2Cc2ccccc2)cc1O)c1ccccc1. The molecular formula is C34H27N5O3. The molecular weight excluding hydrogens is 526 g/mol. The van der Waals surface area contributed by atoms with Gasteiger partial charge in [0.05, 0.1) is 24.1 Å². The van der Waals surface area contributed by atoms with Crippen LogP contribution in [0.15, 0.2) is 128 Å². The number of hydrogen-bond donors (Lipinski definition) is 1. The van der Waals surface area contributed by atoms with Crippen LogP contribution >= 0.6 is 0 Å². The van der Waals surface area contributed by atoms with Gasteiger partial charge in [-0.3, -0.25) is 4.79 Å². The normalized spacial score (nSPS) is 11.1. The van der Waals surface area contributed by atoms with E-state index in [4.69, 9.17) is 9.84 Å². The zero-order valence-corrected chi connectivity index (χ0v) is 22.6. The van der Waals surface area contributed by atoms with Crippen LogP contribution in [-0.2, 0) is 13.2 Å². The number of aromatic hydroxyl groups is 1. The van der Waals surface area contributed by atoms with Crippen molar-refractivity contribution in [1.29, 1.82) is 0 Å². The number of carbonyl (C=O) groups excluding carboxylic acids is 1. The van der Waals surface area contributed by atoms with Crippen LogP contribution in [0.4, 0.5) is 0 Å². The Balaban J connectivity index is 1.24. The standard InChI is InChI=1S/C34H27N5O3/c40-32(26-12-6-2-7-13-26)19-16-27-23-38(28-14-8-3-9-15-28)36-34(27)31-18-17-30(20-33(31)41)42-24-29-21-35-37-39(29)22-25-10-4-1-5-11-25/h1-21,23,41H,22,24H2. The maximum absolute atomic E-state index is 12.8. The second kappa shape index (κ2) is 12.2. The summed E-state index contributed by atoms with van der Waals surface area (Å²) >= 11 is 0. The summed E-state index contributed by atoms with van der Waals surface area (Å²) in [6.07, 6.45) is 6.75. The Morgan fingerprint density at radius 2 is 1.60 bits per heavy atom. The highest BCUT2D eigenvalue weighted by Gasteiger charge is 2.16. The quantitative estimate of drug-likeness (QED) is 0.157. The van der Waals surface area contributed by atoms with E-state index < -0.39 is 0 Å². The smallest absolute Gasteiger partial charge is 0.185 e. The molecule has 0 amide bonds. The van der Waals surface area contributed by atoms with Crippen molar-refractivity contribution >= 4 is 11.9 Å². The summed E-state index contributed by atoms with van der Waals surface area (Å²) in [5.41, 5.74) is 5.09. The number of phenolic OH excluding ortho intramolecular Hbond substituents is 1. The van der Waals surface area contributed by atoms with Gasteiger partial charge in [-0.2, -0.15) is 5.10 Å². The molecule has 2 heterocycles. The maximum atomic E-state index is 12.8. The third kappa shape index (κ3) is 6.03. The minimum absolute atomic E-state index is 0.00534. The van der Waals surface area contributed by atoms with Crippen molar-refractivity contribution < 1.29 is 14.6 Å². The molecule has 0 saturated carbocycles. The van der Waals surface area contributed by atoms with Crippen molar-refractivity contribution in [3.63, 3.8) is 0 Å². The van der Waals surface area contributed by atoms with Crippen LogP contribution in [0.25, 0.3) is 23.0 Å². The summed E-state index contributed by atoms with van der Waals surface area (Å²) in [5.74, 6) is 0.372. The number of aromatic nitrogens is 5. The van der Waals surface area contributed by atoms with Gasteiger partial charge in [0.2, 0.25) is 0 Å². The van der Waals surface area contributed by atoms with Crippen LogP contribution < -0.4 is 4.74 Å². The number of allylic oxidation sites excluding steroid dienone is 1. The number of para-hydroxylation sites is 1. The lowest BCUT2D eigenvalue weighted by Crippen LogP contribution is -2.09. The molecule has 0 atom stereocenters. The topological polar surface area (TPSA) is 95.1 Å². The monoisotopic (exact) mass is 553 g/mol. The number of carbonyl (C=O) groups is 1. The second-order valence-corrected chi connectivity index (χ2v) is 9.61. The number of benzene rings is 4. The third-order valence-electron chi connectivity index (χ3n) is 6.72. The molecule has 4 aromatic carbocycles. The molecule has 42 heavy (non-hydrogen) atoms. The van der Waals surface area contributed by atoms with Crippen molar-refractivity contribution in [2.75, 3.05) is 0 Å². The van der Waals surface area contributed by atoms with E-state index in [1.165, 1.54) is 6.08 Å². The molecule has 0 bridgehead atoms. The van der Waals surface area contributed by atoms with Gasteiger partial charge < -0.3 is 9.84 Å². The first-order valence-corrected chi connectivity index (χ1v) is 13.4. The zero-order valence-electron chi connectivity index (χ0n) is 22.6. The Morgan fingerprint density at radius 3 is 2.33 bits per heavy atom. The lowest BCUT2D eigenvalue weighted by Gasteiger charge is -2.10. The van der Waals surface area contributed by atoms with E-state index in [2.05, 4.69) is 10.3 Å². The number of ketones is 1. The largest absolute Gasteiger partial charge is 0.507 e. The fourth-order valence-electron chi connectivity index (χ4n) is 4.53. The molecule has 8 heteroatoms. The van der Waals surface area contributed by atoms with Gasteiger partial charge in [-0.25, -0.2) is 9.36 Å². The molecule has 0 aliphatic carbocycles. The van der Waals surface area contributed by atoms with Gasteiger partial charge in [0.25, 0.3) is 0 Å². The summed E-state index contributed by atoms with van der Waals surface area (Å²) in [5, 5.41) is 24.0. The van der Waals surface area contributed by atoms with Gasteiger partial charge in [0.1, 0.15) is 23.8 Å². The molecule has 1 N–H and O–H groups in total. The average Bonchev–Trinajstić information content (AvgIpc) is 3.67. The van der Waals surface area contributed by atoms with E-state index >= 15 is 0 Å². The summed E-state index contributed by atoms with van der Waals surface area (Å²) in [7, 11) is 0. The first-order valence-electron chi connectivity index (χ1n) is 13.4. The molecule has 6 rings (SSSR count). The Morgan fingerprint density at radius 1 is 0.881 bits per heavy atom. The number of rotatable bonds is 10. The van der Waals surface area contributed by atoms with E-state index in [1.54, 1.807) is 52.0 Å². The minimum Gasteiger partial charge on any atom is -0.507 e. The van der Waals surface area contributed by atoms with Crippen molar-refractivity contribution in [2.24, 2.45) is 0 Å². The molecule has 0 spiro atoms. The lowest BCUT2D eigenvalue weighted by atomic mass is 10.0. The number of nitrogens with zero attached hydrogens (tertiary/aromatic N) is 5. The molecule has 8 nitrogen and oxygen atoms in total. The van der Waals surface area contributed by atoms with Crippen molar-refractivity contribution in [3.8, 4) is 28.4 Å². The summed E-state index contributed by atoms with van der Waals surface area (Å²) in [6.45, 7) is 0.813. The fraction of sp³-hybridized carbons (Fsp3) is 0.0588. The van der Waals surface area contributed by atoms with Gasteiger partial charge >= 0.3 is 0 Å². The number of phenols is 1. The number of hydrogen-bond acceptors (Lipinski definition) is 6.